The van der Waals surface area contributed by atoms with E-state index in [-0.39, 0.29) is 9.77 Å². The molecule has 0 amide bonds. The van der Waals surface area contributed by atoms with E-state index in [0.29, 0.717) is 30.0 Å². The molecule has 9 heteroatoms. The smallest absolute Gasteiger partial charge is 0.345 e. The van der Waals surface area contributed by atoms with E-state index in [9.17, 15) is 13.2 Å². The number of aromatic carboxylic acids is 1. The SMILES string of the molecule is O=C(O)c1cc(S(=O)(=O)N2CCNCC2)c(Br)s1. The Hall–Kier alpha value is -0.480. The lowest BCUT2D eigenvalue weighted by molar-refractivity contribution is 0.0702. The normalized spacial score (nSPS) is 17.8. The van der Waals surface area contributed by atoms with Gasteiger partial charge in [-0.15, -0.1) is 11.3 Å². The van der Waals surface area contributed by atoms with Crippen molar-refractivity contribution in [2.75, 3.05) is 26.2 Å². The number of nitrogens with zero attached hydrogens (tertiary/aromatic N) is 1. The Bertz CT molecular complexity index is 563. The number of halogens is 1. The second-order valence-corrected chi connectivity index (χ2v) is 7.98. The zero-order valence-electron chi connectivity index (χ0n) is 9.22. The van der Waals surface area contributed by atoms with E-state index < -0.39 is 16.0 Å². The Balaban J connectivity index is 2.37. The molecular weight excluding hydrogens is 344 g/mol. The van der Waals surface area contributed by atoms with Gasteiger partial charge in [0.05, 0.1) is 3.79 Å². The monoisotopic (exact) mass is 354 g/mol. The summed E-state index contributed by atoms with van der Waals surface area (Å²) < 4.78 is 26.3. The summed E-state index contributed by atoms with van der Waals surface area (Å²) in [6.45, 7) is 2.00. The zero-order chi connectivity index (χ0) is 13.3. The summed E-state index contributed by atoms with van der Waals surface area (Å²) in [7, 11) is -3.61. The molecule has 1 aromatic rings. The van der Waals surface area contributed by atoms with Crippen molar-refractivity contribution >= 4 is 43.3 Å². The van der Waals surface area contributed by atoms with Crippen LogP contribution >= 0.6 is 27.3 Å². The lowest BCUT2D eigenvalue weighted by Gasteiger charge is -2.26. The Kier molecular flexibility index (Phi) is 4.07. The van der Waals surface area contributed by atoms with Gasteiger partial charge in [0.25, 0.3) is 0 Å². The van der Waals surface area contributed by atoms with Crippen LogP contribution in [0.1, 0.15) is 9.67 Å². The molecule has 1 aliphatic heterocycles. The fraction of sp³-hybridized carbons (Fsp3) is 0.444. The summed E-state index contributed by atoms with van der Waals surface area (Å²) in [6, 6.07) is 1.20. The quantitative estimate of drug-likeness (QED) is 0.838. The maximum absolute atomic E-state index is 12.3. The molecule has 0 unspecified atom stereocenters. The van der Waals surface area contributed by atoms with Gasteiger partial charge in [0.15, 0.2) is 0 Å². The number of carbonyl (C=O) groups is 1. The zero-order valence-corrected chi connectivity index (χ0v) is 12.4. The molecule has 2 heterocycles. The third-order valence-corrected chi connectivity index (χ3v) is 6.70. The van der Waals surface area contributed by atoms with Gasteiger partial charge in [0.1, 0.15) is 9.77 Å². The van der Waals surface area contributed by atoms with Gasteiger partial charge in [-0.05, 0) is 22.0 Å². The van der Waals surface area contributed by atoms with Crippen LogP contribution in [0.2, 0.25) is 0 Å². The highest BCUT2D eigenvalue weighted by Crippen LogP contribution is 2.33. The van der Waals surface area contributed by atoms with E-state index in [2.05, 4.69) is 21.2 Å². The third kappa shape index (κ3) is 2.59. The fourth-order valence-electron chi connectivity index (χ4n) is 1.66. The molecule has 1 saturated heterocycles. The minimum Gasteiger partial charge on any atom is -0.477 e. The Morgan fingerprint density at radius 3 is 2.56 bits per heavy atom. The summed E-state index contributed by atoms with van der Waals surface area (Å²) in [6.07, 6.45) is 0. The molecule has 18 heavy (non-hydrogen) atoms. The summed E-state index contributed by atoms with van der Waals surface area (Å²) in [4.78, 5) is 10.9. The highest BCUT2D eigenvalue weighted by atomic mass is 79.9. The van der Waals surface area contributed by atoms with Crippen molar-refractivity contribution in [2.45, 2.75) is 4.90 Å². The van der Waals surface area contributed by atoms with E-state index in [1.807, 2.05) is 0 Å². The van der Waals surface area contributed by atoms with E-state index in [1.165, 1.54) is 10.4 Å². The van der Waals surface area contributed by atoms with Crippen LogP contribution in [0, 0.1) is 0 Å². The predicted octanol–water partition coefficient (Wildman–Crippen LogP) is 0.803. The second kappa shape index (κ2) is 5.25. The first kappa shape index (κ1) is 13.9. The first-order valence-corrected chi connectivity index (χ1v) is 8.21. The van der Waals surface area contributed by atoms with Crippen LogP contribution in [0.25, 0.3) is 0 Å². The van der Waals surface area contributed by atoms with Gasteiger partial charge < -0.3 is 10.4 Å². The van der Waals surface area contributed by atoms with Gasteiger partial charge in [0, 0.05) is 26.2 Å². The Labute approximate surface area is 117 Å². The van der Waals surface area contributed by atoms with Gasteiger partial charge in [0.2, 0.25) is 10.0 Å². The van der Waals surface area contributed by atoms with Crippen LogP contribution in [0.4, 0.5) is 0 Å². The number of sulfonamides is 1. The van der Waals surface area contributed by atoms with Crippen molar-refractivity contribution in [2.24, 2.45) is 0 Å². The number of piperazine rings is 1. The van der Waals surface area contributed by atoms with Crippen LogP contribution in [-0.2, 0) is 10.0 Å². The summed E-state index contributed by atoms with van der Waals surface area (Å²) in [5.41, 5.74) is 0. The van der Waals surface area contributed by atoms with Crippen molar-refractivity contribution in [1.29, 1.82) is 0 Å². The number of carboxylic acids is 1. The number of nitrogens with one attached hydrogen (secondary N) is 1. The van der Waals surface area contributed by atoms with E-state index in [1.54, 1.807) is 0 Å². The topological polar surface area (TPSA) is 86.7 Å². The predicted molar refractivity (Wildman–Crippen MR) is 70.6 cm³/mol. The van der Waals surface area contributed by atoms with Crippen LogP contribution in [0.5, 0.6) is 0 Å². The summed E-state index contributed by atoms with van der Waals surface area (Å²) >= 11 is 4.03. The number of rotatable bonds is 3. The molecule has 1 fully saturated rings. The molecule has 1 aliphatic rings. The number of thiophene rings is 1. The van der Waals surface area contributed by atoms with Gasteiger partial charge in [-0.1, -0.05) is 0 Å². The van der Waals surface area contributed by atoms with Crippen LogP contribution in [-0.4, -0.2) is 50.0 Å². The van der Waals surface area contributed by atoms with Gasteiger partial charge in [-0.2, -0.15) is 4.31 Å². The number of hydrogen-bond acceptors (Lipinski definition) is 5. The molecule has 1 aromatic heterocycles. The Morgan fingerprint density at radius 1 is 1.44 bits per heavy atom. The number of carboxylic acid groups (broad SMARTS) is 1. The maximum atomic E-state index is 12.3. The highest BCUT2D eigenvalue weighted by Gasteiger charge is 2.30. The largest absolute Gasteiger partial charge is 0.477 e. The molecule has 2 N–H and O–H groups in total. The van der Waals surface area contributed by atoms with Crippen LogP contribution < -0.4 is 5.32 Å². The standard InChI is InChI=1S/C9H11BrN2O4S2/c10-8-7(5-6(17-8)9(13)14)18(15,16)12-3-1-11-2-4-12/h5,11H,1-4H2,(H,13,14). The van der Waals surface area contributed by atoms with Crippen LogP contribution in [0.3, 0.4) is 0 Å². The lowest BCUT2D eigenvalue weighted by Crippen LogP contribution is -2.46. The third-order valence-electron chi connectivity index (χ3n) is 2.56. The molecular formula is C9H11BrN2O4S2. The molecule has 6 nitrogen and oxygen atoms in total. The fourth-order valence-corrected chi connectivity index (χ4v) is 5.45. The van der Waals surface area contributed by atoms with Crippen LogP contribution in [0.15, 0.2) is 14.7 Å². The lowest BCUT2D eigenvalue weighted by atomic mass is 10.4. The maximum Gasteiger partial charge on any atom is 0.345 e. The molecule has 0 radical (unpaired) electrons. The Morgan fingerprint density at radius 2 is 2.06 bits per heavy atom. The summed E-state index contributed by atoms with van der Waals surface area (Å²) in [5.74, 6) is -1.12. The molecule has 0 aromatic carbocycles. The van der Waals surface area contributed by atoms with E-state index >= 15 is 0 Å². The second-order valence-electron chi connectivity index (χ2n) is 3.71. The minimum atomic E-state index is -3.61. The van der Waals surface area contributed by atoms with Gasteiger partial charge in [-0.3, -0.25) is 0 Å². The molecule has 0 saturated carbocycles. The molecule has 0 spiro atoms. The molecule has 0 aliphatic carbocycles. The van der Waals surface area contributed by atoms with Crippen molar-refractivity contribution in [1.82, 2.24) is 9.62 Å². The van der Waals surface area contributed by atoms with Crippen molar-refractivity contribution < 1.29 is 18.3 Å². The highest BCUT2D eigenvalue weighted by molar-refractivity contribution is 9.11. The van der Waals surface area contributed by atoms with Gasteiger partial charge >= 0.3 is 5.97 Å². The summed E-state index contributed by atoms with van der Waals surface area (Å²) in [5, 5.41) is 11.9. The average molecular weight is 355 g/mol. The molecule has 2 rings (SSSR count). The van der Waals surface area contributed by atoms with Crippen molar-refractivity contribution in [3.8, 4) is 0 Å². The molecule has 100 valence electrons. The van der Waals surface area contributed by atoms with Gasteiger partial charge in [-0.25, -0.2) is 13.2 Å². The van der Waals surface area contributed by atoms with E-state index in [4.69, 9.17) is 5.11 Å². The minimum absolute atomic E-state index is 0.00980. The van der Waals surface area contributed by atoms with Crippen molar-refractivity contribution in [3.63, 3.8) is 0 Å². The average Bonchev–Trinajstić information content (AvgIpc) is 2.73. The molecule has 0 bridgehead atoms. The van der Waals surface area contributed by atoms with E-state index in [0.717, 1.165) is 11.3 Å². The number of hydrogen-bond donors (Lipinski definition) is 2. The molecule has 0 atom stereocenters. The first-order valence-electron chi connectivity index (χ1n) is 5.16. The van der Waals surface area contributed by atoms with Crippen molar-refractivity contribution in [3.05, 3.63) is 14.7 Å². The first-order chi connectivity index (χ1) is 8.43.